The monoisotopic (exact) mass is 436 g/mol. The summed E-state index contributed by atoms with van der Waals surface area (Å²) >= 11 is 0. The number of methoxy groups -OCH3 is 1. The smallest absolute Gasteiger partial charge is 0.191 e. The van der Waals surface area contributed by atoms with Crippen molar-refractivity contribution in [2.45, 2.75) is 69.9 Å². The van der Waals surface area contributed by atoms with E-state index in [1.165, 1.54) is 84.2 Å². The molecule has 0 aromatic rings. The third kappa shape index (κ3) is 7.58. The van der Waals surface area contributed by atoms with Crippen LogP contribution in [0.15, 0.2) is 4.99 Å². The van der Waals surface area contributed by atoms with Crippen LogP contribution >= 0.6 is 0 Å². The molecule has 0 amide bonds. The molecule has 3 saturated heterocycles. The molecule has 3 aliphatic rings. The largest absolute Gasteiger partial charge is 0.385 e. The Bertz CT molecular complexity index is 520. The van der Waals surface area contributed by atoms with E-state index in [-0.39, 0.29) is 5.54 Å². The Labute approximate surface area is 191 Å². The molecule has 3 heterocycles. The lowest BCUT2D eigenvalue weighted by Crippen LogP contribution is -2.58. The Morgan fingerprint density at radius 2 is 1.74 bits per heavy atom. The van der Waals surface area contributed by atoms with Gasteiger partial charge in [0.25, 0.3) is 0 Å². The summed E-state index contributed by atoms with van der Waals surface area (Å²) in [7, 11) is 4.05. The van der Waals surface area contributed by atoms with E-state index in [2.05, 4.69) is 39.3 Å². The molecule has 180 valence electrons. The molecule has 0 atom stereocenters. The van der Waals surface area contributed by atoms with E-state index in [4.69, 9.17) is 9.73 Å². The Morgan fingerprint density at radius 1 is 1.03 bits per heavy atom. The van der Waals surface area contributed by atoms with Gasteiger partial charge < -0.3 is 25.2 Å². The van der Waals surface area contributed by atoms with Crippen molar-refractivity contribution in [1.29, 1.82) is 0 Å². The number of hydrogen-bond donors (Lipinski definition) is 2. The van der Waals surface area contributed by atoms with Crippen molar-refractivity contribution in [1.82, 2.24) is 25.3 Å². The molecule has 0 aliphatic carbocycles. The summed E-state index contributed by atoms with van der Waals surface area (Å²) in [6.07, 6.45) is 10.1. The predicted molar refractivity (Wildman–Crippen MR) is 130 cm³/mol. The quantitative estimate of drug-likeness (QED) is 0.328. The number of guanidine groups is 1. The van der Waals surface area contributed by atoms with Gasteiger partial charge >= 0.3 is 0 Å². The third-order valence-corrected chi connectivity index (χ3v) is 7.57. The van der Waals surface area contributed by atoms with Crippen molar-refractivity contribution in [2.24, 2.45) is 4.99 Å². The molecule has 3 fully saturated rings. The van der Waals surface area contributed by atoms with Gasteiger partial charge in [-0.1, -0.05) is 6.42 Å². The van der Waals surface area contributed by atoms with Crippen molar-refractivity contribution < 1.29 is 4.74 Å². The van der Waals surface area contributed by atoms with E-state index >= 15 is 0 Å². The zero-order chi connectivity index (χ0) is 21.9. The Kier molecular flexibility index (Phi) is 10.4. The molecule has 0 aromatic heterocycles. The van der Waals surface area contributed by atoms with Gasteiger partial charge in [0.1, 0.15) is 0 Å². The van der Waals surface area contributed by atoms with Gasteiger partial charge in [-0.2, -0.15) is 0 Å². The summed E-state index contributed by atoms with van der Waals surface area (Å²) in [5.74, 6) is 1.02. The number of nitrogens with zero attached hydrogens (tertiary/aromatic N) is 4. The molecule has 31 heavy (non-hydrogen) atoms. The summed E-state index contributed by atoms with van der Waals surface area (Å²) in [5, 5.41) is 7.30. The van der Waals surface area contributed by atoms with Crippen LogP contribution in [0.4, 0.5) is 0 Å². The van der Waals surface area contributed by atoms with Crippen molar-refractivity contribution in [3.05, 3.63) is 0 Å². The minimum Gasteiger partial charge on any atom is -0.385 e. The Balaban J connectivity index is 1.56. The van der Waals surface area contributed by atoms with E-state index in [0.29, 0.717) is 6.04 Å². The lowest BCUT2D eigenvalue weighted by Gasteiger charge is -2.49. The SMILES string of the molecule is CCNC(=NCC1(N2CCCCC2)CCN(C)CC1)NC1CCN(CCCOC)CC1. The summed E-state index contributed by atoms with van der Waals surface area (Å²) in [4.78, 5) is 13.0. The number of aliphatic imine (C=N–C) groups is 1. The minimum atomic E-state index is 0.250. The van der Waals surface area contributed by atoms with Gasteiger partial charge in [-0.25, -0.2) is 0 Å². The molecular weight excluding hydrogens is 388 g/mol. The topological polar surface area (TPSA) is 55.4 Å². The van der Waals surface area contributed by atoms with Gasteiger partial charge in [0.05, 0.1) is 6.54 Å². The molecule has 7 heteroatoms. The van der Waals surface area contributed by atoms with Crippen molar-refractivity contribution in [3.8, 4) is 0 Å². The zero-order valence-electron chi connectivity index (χ0n) is 20.5. The predicted octanol–water partition coefficient (Wildman–Crippen LogP) is 1.99. The number of hydrogen-bond acceptors (Lipinski definition) is 5. The maximum atomic E-state index is 5.20. The van der Waals surface area contributed by atoms with Crippen LogP contribution in [0.3, 0.4) is 0 Å². The molecule has 0 bridgehead atoms. The highest BCUT2D eigenvalue weighted by atomic mass is 16.5. The number of likely N-dealkylation sites (tertiary alicyclic amines) is 3. The first-order valence-corrected chi connectivity index (χ1v) is 12.8. The van der Waals surface area contributed by atoms with Gasteiger partial charge in [-0.3, -0.25) is 9.89 Å². The first kappa shape index (κ1) is 24.7. The normalized spacial score (nSPS) is 24.9. The lowest BCUT2D eigenvalue weighted by atomic mass is 9.84. The Morgan fingerprint density at radius 3 is 2.39 bits per heavy atom. The highest BCUT2D eigenvalue weighted by molar-refractivity contribution is 5.80. The van der Waals surface area contributed by atoms with E-state index in [0.717, 1.165) is 38.6 Å². The first-order chi connectivity index (χ1) is 15.1. The van der Waals surface area contributed by atoms with E-state index in [1.807, 2.05) is 0 Å². The Hall–Kier alpha value is -0.890. The number of ether oxygens (including phenoxy) is 1. The van der Waals surface area contributed by atoms with Crippen LogP contribution in [0.5, 0.6) is 0 Å². The highest BCUT2D eigenvalue weighted by Gasteiger charge is 2.39. The molecule has 0 unspecified atom stereocenters. The van der Waals surface area contributed by atoms with E-state index < -0.39 is 0 Å². The van der Waals surface area contributed by atoms with Crippen molar-refractivity contribution in [3.63, 3.8) is 0 Å². The van der Waals surface area contributed by atoms with Crippen molar-refractivity contribution >= 4 is 5.96 Å². The maximum absolute atomic E-state index is 5.20. The molecule has 3 aliphatic heterocycles. The minimum absolute atomic E-state index is 0.250. The average Bonchev–Trinajstić information content (AvgIpc) is 2.81. The fourth-order valence-corrected chi connectivity index (χ4v) is 5.45. The second kappa shape index (κ2) is 13.0. The van der Waals surface area contributed by atoms with Crippen LogP contribution in [0.25, 0.3) is 0 Å². The van der Waals surface area contributed by atoms with Crippen LogP contribution < -0.4 is 10.6 Å². The second-order valence-corrected chi connectivity index (χ2v) is 9.88. The molecule has 0 spiro atoms. The highest BCUT2D eigenvalue weighted by Crippen LogP contribution is 2.31. The van der Waals surface area contributed by atoms with Crippen LogP contribution in [0.2, 0.25) is 0 Å². The summed E-state index contributed by atoms with van der Waals surface area (Å²) in [6, 6.07) is 0.528. The van der Waals surface area contributed by atoms with Crippen LogP contribution in [-0.2, 0) is 4.74 Å². The zero-order valence-corrected chi connectivity index (χ0v) is 20.5. The lowest BCUT2D eigenvalue weighted by molar-refractivity contribution is 0.0208. The molecule has 3 rings (SSSR count). The van der Waals surface area contributed by atoms with Gasteiger partial charge in [0.15, 0.2) is 5.96 Å². The first-order valence-electron chi connectivity index (χ1n) is 12.8. The van der Waals surface area contributed by atoms with Crippen LogP contribution in [0.1, 0.15) is 58.3 Å². The van der Waals surface area contributed by atoms with Gasteiger partial charge in [0, 0.05) is 51.5 Å². The van der Waals surface area contributed by atoms with Gasteiger partial charge in [-0.05, 0) is 85.1 Å². The van der Waals surface area contributed by atoms with E-state index in [9.17, 15) is 0 Å². The number of nitrogens with one attached hydrogen (secondary N) is 2. The second-order valence-electron chi connectivity index (χ2n) is 9.88. The molecule has 7 nitrogen and oxygen atoms in total. The van der Waals surface area contributed by atoms with Gasteiger partial charge in [-0.15, -0.1) is 0 Å². The molecule has 0 aromatic carbocycles. The fourth-order valence-electron chi connectivity index (χ4n) is 5.45. The third-order valence-electron chi connectivity index (χ3n) is 7.57. The molecular formula is C24H48N6O. The average molecular weight is 437 g/mol. The number of rotatable bonds is 9. The van der Waals surface area contributed by atoms with Crippen LogP contribution in [0, 0.1) is 0 Å². The molecule has 2 N–H and O–H groups in total. The summed E-state index contributed by atoms with van der Waals surface area (Å²) in [5.41, 5.74) is 0.250. The van der Waals surface area contributed by atoms with E-state index in [1.54, 1.807) is 7.11 Å². The fraction of sp³-hybridized carbons (Fsp3) is 0.958. The number of piperidine rings is 3. The molecule has 0 radical (unpaired) electrons. The summed E-state index contributed by atoms with van der Waals surface area (Å²) < 4.78 is 5.20. The molecule has 0 saturated carbocycles. The van der Waals surface area contributed by atoms with Crippen molar-refractivity contribution in [2.75, 3.05) is 79.7 Å². The van der Waals surface area contributed by atoms with Crippen LogP contribution in [-0.4, -0.2) is 112 Å². The summed E-state index contributed by atoms with van der Waals surface area (Å²) in [6.45, 7) is 13.3. The standard InChI is InChI=1S/C24H48N6O/c1-4-25-23(27-22-9-16-29(17-10-22)13-8-20-31-3)26-21-24(11-18-28(2)19-12-24)30-14-6-5-7-15-30/h22H,4-21H2,1-3H3,(H2,25,26,27). The van der Waals surface area contributed by atoms with Gasteiger partial charge in [0.2, 0.25) is 0 Å². The maximum Gasteiger partial charge on any atom is 0.191 e.